The summed E-state index contributed by atoms with van der Waals surface area (Å²) < 4.78 is 32.3. The first-order chi connectivity index (χ1) is 13.1. The summed E-state index contributed by atoms with van der Waals surface area (Å²) in [5, 5.41) is 2.63. The van der Waals surface area contributed by atoms with Gasteiger partial charge in [0.25, 0.3) is 5.91 Å². The van der Waals surface area contributed by atoms with Crippen LogP contribution in [0, 0.1) is 17.8 Å². The highest BCUT2D eigenvalue weighted by Crippen LogP contribution is 2.27. The first kappa shape index (κ1) is 22.4. The molecule has 156 valence electrons. The van der Waals surface area contributed by atoms with Crippen LogP contribution in [-0.4, -0.2) is 50.8 Å². The third-order valence-corrected chi connectivity index (χ3v) is 6.81. The average molecular weight is 411 g/mol. The maximum atomic E-state index is 13.1. The molecule has 1 N–H and O–H groups in total. The molecule has 8 heteroatoms. The van der Waals surface area contributed by atoms with Gasteiger partial charge in [-0.05, 0) is 42.4 Å². The van der Waals surface area contributed by atoms with E-state index in [0.717, 1.165) is 6.42 Å². The molecule has 3 atom stereocenters. The van der Waals surface area contributed by atoms with Gasteiger partial charge in [0.2, 0.25) is 10.0 Å². The van der Waals surface area contributed by atoms with Crippen molar-refractivity contribution in [1.82, 2.24) is 9.62 Å². The molecule has 0 radical (unpaired) electrons. The fourth-order valence-electron chi connectivity index (χ4n) is 3.60. The van der Waals surface area contributed by atoms with Crippen LogP contribution in [0.25, 0.3) is 0 Å². The third-order valence-electron chi connectivity index (χ3n) is 4.98. The molecule has 28 heavy (non-hydrogen) atoms. The minimum absolute atomic E-state index is 0.0839. The van der Waals surface area contributed by atoms with Crippen molar-refractivity contribution in [1.29, 1.82) is 0 Å². The van der Waals surface area contributed by atoms with E-state index in [2.05, 4.69) is 5.32 Å². The van der Waals surface area contributed by atoms with Crippen LogP contribution in [-0.2, 0) is 19.6 Å². The number of carbonyl (C=O) groups excluding carboxylic acids is 2. The Morgan fingerprint density at radius 3 is 2.32 bits per heavy atom. The lowest BCUT2D eigenvalue weighted by Gasteiger charge is -2.34. The number of amides is 1. The Morgan fingerprint density at radius 1 is 1.18 bits per heavy atom. The van der Waals surface area contributed by atoms with Crippen molar-refractivity contribution in [2.24, 2.45) is 17.8 Å². The number of ether oxygens (including phenoxy) is 1. The zero-order chi connectivity index (χ0) is 21.1. The molecule has 1 amide bonds. The minimum Gasteiger partial charge on any atom is -0.467 e. The first-order valence-corrected chi connectivity index (χ1v) is 11.0. The van der Waals surface area contributed by atoms with Crippen LogP contribution in [0.15, 0.2) is 29.2 Å². The van der Waals surface area contributed by atoms with Crippen LogP contribution < -0.4 is 5.32 Å². The Kier molecular flexibility index (Phi) is 7.22. The van der Waals surface area contributed by atoms with Crippen molar-refractivity contribution < 1.29 is 22.7 Å². The zero-order valence-electron chi connectivity index (χ0n) is 17.1. The van der Waals surface area contributed by atoms with E-state index in [1.807, 2.05) is 13.8 Å². The third kappa shape index (κ3) is 5.11. The molecule has 1 aromatic carbocycles. The van der Waals surface area contributed by atoms with Crippen LogP contribution in [0.4, 0.5) is 0 Å². The van der Waals surface area contributed by atoms with Gasteiger partial charge in [-0.1, -0.05) is 33.8 Å². The molecule has 7 nitrogen and oxygen atoms in total. The number of hydrogen-bond donors (Lipinski definition) is 1. The van der Waals surface area contributed by atoms with Gasteiger partial charge in [0.15, 0.2) is 0 Å². The van der Waals surface area contributed by atoms with Crippen molar-refractivity contribution in [3.05, 3.63) is 29.8 Å². The summed E-state index contributed by atoms with van der Waals surface area (Å²) >= 11 is 0. The van der Waals surface area contributed by atoms with Gasteiger partial charge in [0.1, 0.15) is 6.04 Å². The van der Waals surface area contributed by atoms with Gasteiger partial charge in [-0.15, -0.1) is 0 Å². The summed E-state index contributed by atoms with van der Waals surface area (Å²) in [6.07, 6.45) is 0.999. The Labute approximate surface area is 167 Å². The highest BCUT2D eigenvalue weighted by molar-refractivity contribution is 7.89. The Hall–Kier alpha value is -1.93. The summed E-state index contributed by atoms with van der Waals surface area (Å²) in [4.78, 5) is 24.6. The van der Waals surface area contributed by atoms with Crippen LogP contribution in [0.5, 0.6) is 0 Å². The van der Waals surface area contributed by atoms with Gasteiger partial charge in [0.05, 0.1) is 12.0 Å². The fraction of sp³-hybridized carbons (Fsp3) is 0.600. The van der Waals surface area contributed by atoms with Crippen LogP contribution in [0.2, 0.25) is 0 Å². The predicted molar refractivity (Wildman–Crippen MR) is 106 cm³/mol. The molecule has 0 spiro atoms. The van der Waals surface area contributed by atoms with Crippen molar-refractivity contribution >= 4 is 21.9 Å². The first-order valence-electron chi connectivity index (χ1n) is 9.55. The number of carbonyl (C=O) groups is 2. The summed E-state index contributed by atoms with van der Waals surface area (Å²) in [6, 6.07) is 5.13. The van der Waals surface area contributed by atoms with Crippen molar-refractivity contribution in [2.45, 2.75) is 45.1 Å². The van der Waals surface area contributed by atoms with Crippen LogP contribution in [0.1, 0.15) is 44.5 Å². The Bertz CT molecular complexity index is 812. The maximum absolute atomic E-state index is 13.1. The van der Waals surface area contributed by atoms with Gasteiger partial charge in [0, 0.05) is 18.7 Å². The number of benzene rings is 1. The van der Waals surface area contributed by atoms with Crippen molar-refractivity contribution in [3.63, 3.8) is 0 Å². The van der Waals surface area contributed by atoms with Gasteiger partial charge in [-0.2, -0.15) is 4.31 Å². The highest BCUT2D eigenvalue weighted by atomic mass is 32.2. The number of rotatable bonds is 6. The lowest BCUT2D eigenvalue weighted by Crippen LogP contribution is -2.45. The molecule has 1 saturated heterocycles. The van der Waals surface area contributed by atoms with Gasteiger partial charge < -0.3 is 10.1 Å². The topological polar surface area (TPSA) is 92.8 Å². The number of nitrogens with zero attached hydrogens (tertiary/aromatic N) is 1. The zero-order valence-corrected chi connectivity index (χ0v) is 18.0. The van der Waals surface area contributed by atoms with Gasteiger partial charge >= 0.3 is 5.97 Å². The van der Waals surface area contributed by atoms with Crippen molar-refractivity contribution in [2.75, 3.05) is 20.2 Å². The largest absolute Gasteiger partial charge is 0.467 e. The molecule has 1 fully saturated rings. The summed E-state index contributed by atoms with van der Waals surface area (Å²) in [7, 11) is -2.43. The summed E-state index contributed by atoms with van der Waals surface area (Å²) in [6.45, 7) is 8.62. The lowest BCUT2D eigenvalue weighted by molar-refractivity contribution is -0.144. The number of nitrogens with one attached hydrogen (secondary N) is 1. The van der Waals surface area contributed by atoms with Gasteiger partial charge in [-0.25, -0.2) is 13.2 Å². The molecule has 0 aliphatic carbocycles. The molecule has 3 unspecified atom stereocenters. The highest BCUT2D eigenvalue weighted by Gasteiger charge is 2.32. The molecule has 0 bridgehead atoms. The maximum Gasteiger partial charge on any atom is 0.328 e. The SMILES string of the molecule is COC(=O)C(NC(=O)c1cccc(S(=O)(=O)N2CC(C)CC(C)C2)c1)C(C)C. The second-order valence-corrected chi connectivity index (χ2v) is 9.95. The molecule has 1 heterocycles. The van der Waals surface area contributed by atoms with E-state index in [-0.39, 0.29) is 28.2 Å². The van der Waals surface area contributed by atoms with E-state index in [9.17, 15) is 18.0 Å². The lowest BCUT2D eigenvalue weighted by atomic mass is 9.94. The molecule has 1 aliphatic heterocycles. The Morgan fingerprint density at radius 2 is 1.79 bits per heavy atom. The van der Waals surface area contributed by atoms with E-state index < -0.39 is 27.9 Å². The second-order valence-electron chi connectivity index (χ2n) is 8.01. The van der Waals surface area contributed by atoms with Crippen LogP contribution in [0.3, 0.4) is 0 Å². The van der Waals surface area contributed by atoms with Gasteiger partial charge in [-0.3, -0.25) is 4.79 Å². The molecular formula is C20H30N2O5S. The van der Waals surface area contributed by atoms with E-state index in [1.54, 1.807) is 19.9 Å². The quantitative estimate of drug-likeness (QED) is 0.727. The summed E-state index contributed by atoms with van der Waals surface area (Å²) in [5.74, 6) is -0.640. The Balaban J connectivity index is 2.25. The number of hydrogen-bond acceptors (Lipinski definition) is 5. The number of sulfonamides is 1. The number of piperidine rings is 1. The molecule has 1 aliphatic rings. The van der Waals surface area contributed by atoms with E-state index in [0.29, 0.717) is 13.1 Å². The fourth-order valence-corrected chi connectivity index (χ4v) is 5.32. The molecule has 0 aromatic heterocycles. The predicted octanol–water partition coefficient (Wildman–Crippen LogP) is 2.28. The van der Waals surface area contributed by atoms with E-state index >= 15 is 0 Å². The molecule has 0 saturated carbocycles. The van der Waals surface area contributed by atoms with Crippen LogP contribution >= 0.6 is 0 Å². The van der Waals surface area contributed by atoms with Crippen molar-refractivity contribution in [3.8, 4) is 0 Å². The molecular weight excluding hydrogens is 380 g/mol. The second kappa shape index (κ2) is 9.05. The smallest absolute Gasteiger partial charge is 0.328 e. The van der Waals surface area contributed by atoms with E-state index in [4.69, 9.17) is 4.74 Å². The molecule has 2 rings (SSSR count). The standard InChI is InChI=1S/C20H30N2O5S/c1-13(2)18(20(24)27-5)21-19(23)16-7-6-8-17(10-16)28(25,26)22-11-14(3)9-15(4)12-22/h6-8,10,13-15,18H,9,11-12H2,1-5H3,(H,21,23). The normalized spacial score (nSPS) is 21.9. The van der Waals surface area contributed by atoms with E-state index in [1.165, 1.54) is 29.6 Å². The molecule has 1 aromatic rings. The monoisotopic (exact) mass is 410 g/mol. The summed E-state index contributed by atoms with van der Waals surface area (Å²) in [5.41, 5.74) is 0.189. The average Bonchev–Trinajstić information content (AvgIpc) is 2.64. The number of methoxy groups -OCH3 is 1. The number of esters is 1. The minimum atomic E-state index is -3.69.